The molecule has 1 aromatic heterocycles. The van der Waals surface area contributed by atoms with Crippen LogP contribution in [-0.2, 0) is 11.3 Å². The smallest absolute Gasteiger partial charge is 0.352 e. The lowest BCUT2D eigenvalue weighted by molar-refractivity contribution is -0.123. The van der Waals surface area contributed by atoms with Crippen molar-refractivity contribution >= 4 is 11.9 Å². The van der Waals surface area contributed by atoms with Crippen LogP contribution in [0.5, 0.6) is 0 Å². The van der Waals surface area contributed by atoms with E-state index < -0.39 is 5.97 Å². The molecule has 0 unspecified atom stereocenters. The molecule has 0 radical (unpaired) electrons. The highest BCUT2D eigenvalue weighted by molar-refractivity contribution is 5.87. The largest absolute Gasteiger partial charge is 0.477 e. The number of aromatic nitrogens is 1. The van der Waals surface area contributed by atoms with Gasteiger partial charge in [0, 0.05) is 11.7 Å². The van der Waals surface area contributed by atoms with Gasteiger partial charge in [-0.2, -0.15) is 0 Å². The Labute approximate surface area is 106 Å². The first-order chi connectivity index (χ1) is 8.40. The summed E-state index contributed by atoms with van der Waals surface area (Å²) in [5.74, 6) is -0.620. The molecule has 0 aliphatic heterocycles. The highest BCUT2D eigenvalue weighted by Gasteiger charge is 2.38. The summed E-state index contributed by atoms with van der Waals surface area (Å²) in [5, 5.41) is 11.9. The summed E-state index contributed by atoms with van der Waals surface area (Å²) < 4.78 is 1.45. The van der Waals surface area contributed by atoms with E-state index in [2.05, 4.69) is 5.32 Å². The number of hydrogen-bond donors (Lipinski definition) is 2. The summed E-state index contributed by atoms with van der Waals surface area (Å²) in [6, 6.07) is 3.12. The number of amides is 1. The highest BCUT2D eigenvalue weighted by atomic mass is 16.4. The standard InChI is InChI=1S/C13H18N2O3/c1-13(2,9-5-6-9)14-11(16)8-15-7-3-4-10(15)12(17)18/h3-4,7,9H,5-6,8H2,1-2H3,(H,14,16)(H,17,18). The van der Waals surface area contributed by atoms with Crippen LogP contribution >= 0.6 is 0 Å². The molecule has 0 spiro atoms. The van der Waals surface area contributed by atoms with E-state index in [0.717, 1.165) is 12.8 Å². The van der Waals surface area contributed by atoms with Crippen molar-refractivity contribution in [3.63, 3.8) is 0 Å². The van der Waals surface area contributed by atoms with Crippen molar-refractivity contribution in [2.24, 2.45) is 5.92 Å². The Bertz CT molecular complexity index is 472. The van der Waals surface area contributed by atoms with Gasteiger partial charge in [0.15, 0.2) is 0 Å². The van der Waals surface area contributed by atoms with Crippen LogP contribution < -0.4 is 5.32 Å². The van der Waals surface area contributed by atoms with Gasteiger partial charge in [0.25, 0.3) is 0 Å². The Balaban J connectivity index is 1.98. The van der Waals surface area contributed by atoms with Gasteiger partial charge < -0.3 is 15.0 Å². The Morgan fingerprint density at radius 1 is 1.50 bits per heavy atom. The zero-order chi connectivity index (χ0) is 13.3. The fraction of sp³-hybridized carbons (Fsp3) is 0.538. The molecule has 1 aliphatic carbocycles. The molecule has 5 heteroatoms. The minimum Gasteiger partial charge on any atom is -0.477 e. The van der Waals surface area contributed by atoms with Crippen molar-refractivity contribution in [3.8, 4) is 0 Å². The summed E-state index contributed by atoms with van der Waals surface area (Å²) in [4.78, 5) is 22.8. The van der Waals surface area contributed by atoms with Gasteiger partial charge in [-0.05, 0) is 44.7 Å². The molecule has 1 aromatic rings. The Morgan fingerprint density at radius 2 is 2.17 bits per heavy atom. The molecule has 0 saturated heterocycles. The monoisotopic (exact) mass is 250 g/mol. The molecule has 1 amide bonds. The molecule has 1 fully saturated rings. The number of hydrogen-bond acceptors (Lipinski definition) is 2. The van der Waals surface area contributed by atoms with E-state index in [0.29, 0.717) is 5.92 Å². The highest BCUT2D eigenvalue weighted by Crippen LogP contribution is 2.39. The summed E-state index contributed by atoms with van der Waals surface area (Å²) in [7, 11) is 0. The number of nitrogens with zero attached hydrogens (tertiary/aromatic N) is 1. The third-order valence-electron chi connectivity index (χ3n) is 3.42. The summed E-state index contributed by atoms with van der Waals surface area (Å²) in [6.45, 7) is 4.07. The zero-order valence-electron chi connectivity index (χ0n) is 10.6. The average molecular weight is 250 g/mol. The molecular formula is C13H18N2O3. The second-order valence-electron chi connectivity index (χ2n) is 5.37. The topological polar surface area (TPSA) is 71.3 Å². The van der Waals surface area contributed by atoms with Crippen LogP contribution in [0.1, 0.15) is 37.2 Å². The number of carboxylic acids is 1. The Morgan fingerprint density at radius 3 is 2.72 bits per heavy atom. The quantitative estimate of drug-likeness (QED) is 0.831. The lowest BCUT2D eigenvalue weighted by atomic mass is 9.99. The molecule has 0 atom stereocenters. The maximum absolute atomic E-state index is 11.9. The van der Waals surface area contributed by atoms with Crippen molar-refractivity contribution in [2.45, 2.75) is 38.8 Å². The predicted molar refractivity (Wildman–Crippen MR) is 66.3 cm³/mol. The summed E-state index contributed by atoms with van der Waals surface area (Å²) in [6.07, 6.45) is 3.90. The van der Waals surface area contributed by atoms with Gasteiger partial charge in [0.05, 0.1) is 0 Å². The molecule has 18 heavy (non-hydrogen) atoms. The number of rotatable bonds is 5. The van der Waals surface area contributed by atoms with Gasteiger partial charge in [-0.15, -0.1) is 0 Å². The van der Waals surface area contributed by atoms with Gasteiger partial charge in [0.2, 0.25) is 5.91 Å². The van der Waals surface area contributed by atoms with E-state index in [9.17, 15) is 9.59 Å². The maximum Gasteiger partial charge on any atom is 0.352 e. The normalized spacial score (nSPS) is 15.4. The third kappa shape index (κ3) is 2.72. The van der Waals surface area contributed by atoms with Gasteiger partial charge >= 0.3 is 5.97 Å². The van der Waals surface area contributed by atoms with Crippen LogP contribution in [0.3, 0.4) is 0 Å². The van der Waals surface area contributed by atoms with E-state index in [-0.39, 0.29) is 23.7 Å². The van der Waals surface area contributed by atoms with Crippen molar-refractivity contribution in [1.29, 1.82) is 0 Å². The lowest BCUT2D eigenvalue weighted by Gasteiger charge is -2.26. The molecular weight excluding hydrogens is 232 g/mol. The number of carboxylic acid groups (broad SMARTS) is 1. The van der Waals surface area contributed by atoms with Crippen LogP contribution in [0.15, 0.2) is 18.3 Å². The molecule has 1 heterocycles. The molecule has 1 saturated carbocycles. The minimum absolute atomic E-state index is 0.0464. The molecule has 0 bridgehead atoms. The second-order valence-corrected chi connectivity index (χ2v) is 5.37. The Hall–Kier alpha value is -1.78. The molecule has 2 rings (SSSR count). The van der Waals surface area contributed by atoms with E-state index in [1.807, 2.05) is 13.8 Å². The number of carbonyl (C=O) groups is 2. The zero-order valence-corrected chi connectivity index (χ0v) is 10.6. The van der Waals surface area contributed by atoms with Crippen molar-refractivity contribution in [2.75, 3.05) is 0 Å². The molecule has 0 aromatic carbocycles. The van der Waals surface area contributed by atoms with Crippen LogP contribution in [0, 0.1) is 5.92 Å². The average Bonchev–Trinajstić information content (AvgIpc) is 3.00. The molecule has 98 valence electrons. The second kappa shape index (κ2) is 4.48. The molecule has 2 N–H and O–H groups in total. The van der Waals surface area contributed by atoms with Gasteiger partial charge in [-0.25, -0.2) is 4.79 Å². The van der Waals surface area contributed by atoms with E-state index in [1.54, 1.807) is 12.3 Å². The van der Waals surface area contributed by atoms with E-state index >= 15 is 0 Å². The minimum atomic E-state index is -1.02. The fourth-order valence-corrected chi connectivity index (χ4v) is 2.21. The number of aromatic carboxylic acids is 1. The van der Waals surface area contributed by atoms with Crippen LogP contribution in [0.25, 0.3) is 0 Å². The fourth-order valence-electron chi connectivity index (χ4n) is 2.21. The van der Waals surface area contributed by atoms with Gasteiger partial charge in [-0.3, -0.25) is 4.79 Å². The van der Waals surface area contributed by atoms with E-state index in [4.69, 9.17) is 5.11 Å². The molecule has 5 nitrogen and oxygen atoms in total. The SMILES string of the molecule is CC(C)(NC(=O)Cn1cccc1C(=O)O)C1CC1. The first-order valence-electron chi connectivity index (χ1n) is 6.09. The first kappa shape index (κ1) is 12.7. The summed E-state index contributed by atoms with van der Waals surface area (Å²) in [5.41, 5.74) is -0.0671. The molecule has 1 aliphatic rings. The third-order valence-corrected chi connectivity index (χ3v) is 3.42. The van der Waals surface area contributed by atoms with E-state index in [1.165, 1.54) is 10.6 Å². The predicted octanol–water partition coefficient (Wildman–Crippen LogP) is 1.49. The Kier molecular flexibility index (Phi) is 3.15. The summed E-state index contributed by atoms with van der Waals surface area (Å²) >= 11 is 0. The number of carbonyl (C=O) groups excluding carboxylic acids is 1. The van der Waals surface area contributed by atoms with Crippen molar-refractivity contribution < 1.29 is 14.7 Å². The van der Waals surface area contributed by atoms with Gasteiger partial charge in [-0.1, -0.05) is 0 Å². The first-order valence-corrected chi connectivity index (χ1v) is 6.09. The van der Waals surface area contributed by atoms with Crippen LogP contribution in [0.2, 0.25) is 0 Å². The van der Waals surface area contributed by atoms with Crippen LogP contribution in [0.4, 0.5) is 0 Å². The van der Waals surface area contributed by atoms with Crippen LogP contribution in [-0.4, -0.2) is 27.1 Å². The maximum atomic E-state index is 11.9. The van der Waals surface area contributed by atoms with Gasteiger partial charge in [0.1, 0.15) is 12.2 Å². The lowest BCUT2D eigenvalue weighted by Crippen LogP contribution is -2.46. The van der Waals surface area contributed by atoms with Crippen molar-refractivity contribution in [3.05, 3.63) is 24.0 Å². The number of nitrogens with one attached hydrogen (secondary N) is 1. The van der Waals surface area contributed by atoms with Crippen molar-refractivity contribution in [1.82, 2.24) is 9.88 Å².